The van der Waals surface area contributed by atoms with Crippen molar-refractivity contribution in [1.82, 2.24) is 15.1 Å². The fraction of sp³-hybridized carbons (Fsp3) is 0.250. The van der Waals surface area contributed by atoms with Gasteiger partial charge in [-0.1, -0.05) is 65.1 Å². The van der Waals surface area contributed by atoms with Crippen LogP contribution < -0.4 is 10.6 Å². The molecule has 0 aromatic heterocycles. The number of carbonyl (C=O) groups is 3. The average molecular weight is 574 g/mol. The summed E-state index contributed by atoms with van der Waals surface area (Å²) >= 11 is 18.2. The number of carbonyl (C=O) groups excluding carboxylic acids is 3. The lowest BCUT2D eigenvalue weighted by molar-refractivity contribution is -0.135. The molecule has 2 N–H and O–H groups in total. The van der Waals surface area contributed by atoms with E-state index in [2.05, 4.69) is 10.6 Å². The monoisotopic (exact) mass is 572 g/mol. The van der Waals surface area contributed by atoms with Crippen molar-refractivity contribution in [2.45, 2.75) is 25.4 Å². The summed E-state index contributed by atoms with van der Waals surface area (Å²) in [5, 5.41) is 6.86. The van der Waals surface area contributed by atoms with Gasteiger partial charge < -0.3 is 20.4 Å². The average Bonchev–Trinajstić information content (AvgIpc) is 2.89. The molecule has 1 aliphatic rings. The Morgan fingerprint density at radius 1 is 0.921 bits per heavy atom. The van der Waals surface area contributed by atoms with Crippen molar-refractivity contribution >= 4 is 58.3 Å². The van der Waals surface area contributed by atoms with Crippen LogP contribution >= 0.6 is 34.8 Å². The molecule has 1 aliphatic heterocycles. The molecule has 38 heavy (non-hydrogen) atoms. The first-order valence-electron chi connectivity index (χ1n) is 12.1. The Kier molecular flexibility index (Phi) is 9.15. The highest BCUT2D eigenvalue weighted by molar-refractivity contribution is 6.36. The molecule has 4 rings (SSSR count). The fourth-order valence-corrected chi connectivity index (χ4v) is 5.02. The van der Waals surface area contributed by atoms with Gasteiger partial charge in [-0.3, -0.25) is 9.59 Å². The van der Waals surface area contributed by atoms with Gasteiger partial charge in [-0.15, -0.1) is 0 Å². The summed E-state index contributed by atoms with van der Waals surface area (Å²) in [5.74, 6) is -0.434. The van der Waals surface area contributed by atoms with Crippen LogP contribution in [0.15, 0.2) is 72.8 Å². The van der Waals surface area contributed by atoms with E-state index < -0.39 is 12.1 Å². The molecular weight excluding hydrogens is 547 g/mol. The first-order valence-corrected chi connectivity index (χ1v) is 13.3. The zero-order valence-corrected chi connectivity index (χ0v) is 22.9. The van der Waals surface area contributed by atoms with E-state index in [1.807, 2.05) is 37.3 Å². The summed E-state index contributed by atoms with van der Waals surface area (Å²) in [5.41, 5.74) is 1.83. The van der Waals surface area contributed by atoms with Crippen LogP contribution in [0.1, 0.15) is 22.8 Å². The van der Waals surface area contributed by atoms with Gasteiger partial charge in [0.1, 0.15) is 6.04 Å². The smallest absolute Gasteiger partial charge is 0.319 e. The van der Waals surface area contributed by atoms with Crippen LogP contribution in [0.5, 0.6) is 0 Å². The summed E-state index contributed by atoms with van der Waals surface area (Å²) in [6.45, 7) is 2.86. The molecule has 0 aliphatic carbocycles. The van der Waals surface area contributed by atoms with Crippen molar-refractivity contribution in [2.24, 2.45) is 0 Å². The second-order valence-corrected chi connectivity index (χ2v) is 10.4. The minimum absolute atomic E-state index is 0.215. The highest BCUT2D eigenvalue weighted by Gasteiger charge is 2.34. The molecule has 2 unspecified atom stereocenters. The lowest BCUT2D eigenvalue weighted by atomic mass is 10.0. The zero-order chi connectivity index (χ0) is 27.2. The first kappa shape index (κ1) is 27.8. The second-order valence-electron chi connectivity index (χ2n) is 9.10. The molecule has 4 amide bonds. The van der Waals surface area contributed by atoms with Gasteiger partial charge in [0.15, 0.2) is 0 Å². The van der Waals surface area contributed by atoms with E-state index in [4.69, 9.17) is 34.8 Å². The molecule has 0 spiro atoms. The molecule has 0 radical (unpaired) electrons. The normalized spacial score (nSPS) is 16.1. The largest absolute Gasteiger partial charge is 0.337 e. The minimum atomic E-state index is -0.801. The van der Waals surface area contributed by atoms with Crippen molar-refractivity contribution in [3.63, 3.8) is 0 Å². The third kappa shape index (κ3) is 6.98. The van der Waals surface area contributed by atoms with E-state index >= 15 is 0 Å². The van der Waals surface area contributed by atoms with Gasteiger partial charge in [0.2, 0.25) is 5.91 Å². The predicted octanol–water partition coefficient (Wildman–Crippen LogP) is 5.75. The lowest BCUT2D eigenvalue weighted by Crippen LogP contribution is -2.59. The lowest BCUT2D eigenvalue weighted by Gasteiger charge is -2.41. The van der Waals surface area contributed by atoms with Crippen molar-refractivity contribution in [3.8, 4) is 0 Å². The standard InChI is InChI=1S/C28H27Cl3N4O3/c1-18-17-34(13-14-35(18)26(36)23-12-9-21(30)16-24(23)31)27(37)25(15-19-5-3-2-4-6-19)33-28(38)32-22-10-7-20(29)8-11-22/h2-12,16,18,25H,13-15,17H2,1H3,(H2,32,33,38). The third-order valence-corrected chi connectivity index (χ3v) is 7.15. The number of hydrogen-bond acceptors (Lipinski definition) is 3. The molecule has 198 valence electrons. The topological polar surface area (TPSA) is 81.8 Å². The molecule has 2 atom stereocenters. The van der Waals surface area contributed by atoms with Crippen molar-refractivity contribution in [1.29, 1.82) is 0 Å². The Hall–Kier alpha value is -3.26. The number of halogens is 3. The number of nitrogens with one attached hydrogen (secondary N) is 2. The molecule has 7 nitrogen and oxygen atoms in total. The van der Waals surface area contributed by atoms with Crippen molar-refractivity contribution < 1.29 is 14.4 Å². The molecule has 3 aromatic carbocycles. The molecule has 1 fully saturated rings. The molecule has 3 aromatic rings. The minimum Gasteiger partial charge on any atom is -0.337 e. The van der Waals surface area contributed by atoms with E-state index in [9.17, 15) is 14.4 Å². The van der Waals surface area contributed by atoms with Gasteiger partial charge in [-0.05, 0) is 55.0 Å². The quantitative estimate of drug-likeness (QED) is 0.394. The molecule has 1 heterocycles. The number of anilines is 1. The summed E-state index contributed by atoms with van der Waals surface area (Å²) in [7, 11) is 0. The van der Waals surface area contributed by atoms with Gasteiger partial charge in [0.05, 0.1) is 10.6 Å². The highest BCUT2D eigenvalue weighted by atomic mass is 35.5. The molecule has 0 bridgehead atoms. The molecule has 10 heteroatoms. The molecular formula is C28H27Cl3N4O3. The SMILES string of the molecule is CC1CN(C(=O)C(Cc2ccccc2)NC(=O)Nc2ccc(Cl)cc2)CCN1C(=O)c1ccc(Cl)cc1Cl. The Bertz CT molecular complexity index is 1300. The van der Waals surface area contributed by atoms with E-state index in [0.717, 1.165) is 5.56 Å². The van der Waals surface area contributed by atoms with Gasteiger partial charge in [-0.25, -0.2) is 4.79 Å². The number of piperazine rings is 1. The van der Waals surface area contributed by atoms with Crippen LogP contribution in [0.25, 0.3) is 0 Å². The molecule has 0 saturated carbocycles. The number of urea groups is 1. The Balaban J connectivity index is 1.45. The number of amides is 4. The number of hydrogen-bond donors (Lipinski definition) is 2. The molecule has 1 saturated heterocycles. The van der Waals surface area contributed by atoms with Crippen LogP contribution in [-0.2, 0) is 11.2 Å². The van der Waals surface area contributed by atoms with Crippen LogP contribution in [0.2, 0.25) is 15.1 Å². The maximum Gasteiger partial charge on any atom is 0.319 e. The van der Waals surface area contributed by atoms with Gasteiger partial charge in [-0.2, -0.15) is 0 Å². The van der Waals surface area contributed by atoms with E-state index in [1.54, 1.807) is 46.2 Å². The van der Waals surface area contributed by atoms with E-state index in [0.29, 0.717) is 47.4 Å². The fourth-order valence-electron chi connectivity index (χ4n) is 4.41. The van der Waals surface area contributed by atoms with Gasteiger partial charge >= 0.3 is 6.03 Å². The Labute approximate surface area is 236 Å². The van der Waals surface area contributed by atoms with Crippen molar-refractivity contribution in [2.75, 3.05) is 25.0 Å². The maximum atomic E-state index is 13.6. The van der Waals surface area contributed by atoms with Crippen LogP contribution in [0, 0.1) is 0 Å². The number of nitrogens with zero attached hydrogens (tertiary/aromatic N) is 2. The highest BCUT2D eigenvalue weighted by Crippen LogP contribution is 2.24. The van der Waals surface area contributed by atoms with Gasteiger partial charge in [0.25, 0.3) is 5.91 Å². The third-order valence-electron chi connectivity index (χ3n) is 6.35. The van der Waals surface area contributed by atoms with Crippen LogP contribution in [0.3, 0.4) is 0 Å². The Morgan fingerprint density at radius 3 is 2.26 bits per heavy atom. The number of benzene rings is 3. The number of rotatable bonds is 6. The first-order chi connectivity index (χ1) is 18.2. The summed E-state index contributed by atoms with van der Waals surface area (Å²) < 4.78 is 0. The van der Waals surface area contributed by atoms with Crippen LogP contribution in [-0.4, -0.2) is 59.4 Å². The van der Waals surface area contributed by atoms with Crippen molar-refractivity contribution in [3.05, 3.63) is 99.0 Å². The summed E-state index contributed by atoms with van der Waals surface area (Å²) in [4.78, 5) is 43.0. The summed E-state index contributed by atoms with van der Waals surface area (Å²) in [6.07, 6.45) is 0.321. The summed E-state index contributed by atoms with van der Waals surface area (Å²) in [6, 6.07) is 19.4. The predicted molar refractivity (Wildman–Crippen MR) is 151 cm³/mol. The Morgan fingerprint density at radius 2 is 1.61 bits per heavy atom. The van der Waals surface area contributed by atoms with Crippen LogP contribution in [0.4, 0.5) is 10.5 Å². The van der Waals surface area contributed by atoms with E-state index in [-0.39, 0.29) is 22.9 Å². The zero-order valence-electron chi connectivity index (χ0n) is 20.7. The maximum absolute atomic E-state index is 13.6. The van der Waals surface area contributed by atoms with E-state index in [1.165, 1.54) is 6.07 Å². The second kappa shape index (κ2) is 12.5. The van der Waals surface area contributed by atoms with Gasteiger partial charge in [0, 0.05) is 47.8 Å².